The Bertz CT molecular complexity index is 971. The average Bonchev–Trinajstić information content (AvgIpc) is 2.79. The number of aliphatic hydroxyl groups is 1. The maximum atomic E-state index is 12.7. The first-order valence-electron chi connectivity index (χ1n) is 12.3. The predicted molar refractivity (Wildman–Crippen MR) is 135 cm³/mol. The van der Waals surface area contributed by atoms with E-state index in [1.165, 1.54) is 5.56 Å². The maximum Gasteiger partial charge on any atom is 0.410 e. The topological polar surface area (TPSA) is 88.1 Å². The van der Waals surface area contributed by atoms with E-state index in [9.17, 15) is 14.7 Å². The van der Waals surface area contributed by atoms with Crippen molar-refractivity contribution in [1.82, 2.24) is 10.2 Å². The van der Waals surface area contributed by atoms with E-state index in [4.69, 9.17) is 9.47 Å². The van der Waals surface area contributed by atoms with E-state index in [-0.39, 0.29) is 24.7 Å². The minimum atomic E-state index is -0.577. The van der Waals surface area contributed by atoms with Crippen molar-refractivity contribution in [3.05, 3.63) is 71.3 Å². The summed E-state index contributed by atoms with van der Waals surface area (Å²) in [5.41, 5.74) is 2.70. The first-order chi connectivity index (χ1) is 16.6. The fourth-order valence-electron chi connectivity index (χ4n) is 4.41. The van der Waals surface area contributed by atoms with E-state index in [1.807, 2.05) is 57.2 Å². The van der Waals surface area contributed by atoms with Gasteiger partial charge in [0, 0.05) is 19.1 Å². The molecule has 1 fully saturated rings. The molecule has 2 N–H and O–H groups in total. The quantitative estimate of drug-likeness (QED) is 0.586. The molecular weight excluding hydrogens is 444 g/mol. The smallest absolute Gasteiger partial charge is 0.410 e. The summed E-state index contributed by atoms with van der Waals surface area (Å²) in [5.74, 6) is -0.103. The molecule has 0 aliphatic carbocycles. The molecule has 7 heteroatoms. The lowest BCUT2D eigenvalue weighted by Crippen LogP contribution is -2.53. The summed E-state index contributed by atoms with van der Waals surface area (Å²) >= 11 is 0. The molecule has 1 aliphatic rings. The van der Waals surface area contributed by atoms with Crippen molar-refractivity contribution in [3.8, 4) is 0 Å². The molecule has 1 saturated heterocycles. The van der Waals surface area contributed by atoms with Crippen LogP contribution in [0.15, 0.2) is 54.6 Å². The normalized spacial score (nSPS) is 19.1. The highest BCUT2D eigenvalue weighted by molar-refractivity contribution is 5.69. The fraction of sp³-hybridized carbons (Fsp3) is 0.500. The van der Waals surface area contributed by atoms with Gasteiger partial charge in [0.1, 0.15) is 12.2 Å². The number of alkyl carbamates (subject to hydrolysis) is 1. The summed E-state index contributed by atoms with van der Waals surface area (Å²) in [5, 5.41) is 13.0. The second-order valence-corrected chi connectivity index (χ2v) is 10.3. The van der Waals surface area contributed by atoms with Gasteiger partial charge in [0.15, 0.2) is 0 Å². The summed E-state index contributed by atoms with van der Waals surface area (Å²) in [7, 11) is 0. The highest BCUT2D eigenvalue weighted by Gasteiger charge is 2.35. The van der Waals surface area contributed by atoms with Crippen LogP contribution in [0.4, 0.5) is 9.59 Å². The number of carbonyl (C=O) groups is 2. The van der Waals surface area contributed by atoms with Crippen molar-refractivity contribution < 1.29 is 24.2 Å². The third kappa shape index (κ3) is 8.58. The first kappa shape index (κ1) is 26.5. The van der Waals surface area contributed by atoms with Crippen molar-refractivity contribution in [2.24, 2.45) is 5.92 Å². The van der Waals surface area contributed by atoms with E-state index in [1.54, 1.807) is 11.8 Å². The van der Waals surface area contributed by atoms with Crippen molar-refractivity contribution >= 4 is 12.2 Å². The van der Waals surface area contributed by atoms with E-state index in [0.717, 1.165) is 17.5 Å². The average molecular weight is 483 g/mol. The van der Waals surface area contributed by atoms with Crippen LogP contribution in [0.1, 0.15) is 57.2 Å². The summed E-state index contributed by atoms with van der Waals surface area (Å²) in [6, 6.07) is 17.9. The van der Waals surface area contributed by atoms with Crippen LogP contribution in [0.25, 0.3) is 0 Å². The molecule has 35 heavy (non-hydrogen) atoms. The van der Waals surface area contributed by atoms with Crippen molar-refractivity contribution in [2.75, 3.05) is 13.1 Å². The fourth-order valence-corrected chi connectivity index (χ4v) is 4.41. The van der Waals surface area contributed by atoms with Crippen molar-refractivity contribution in [3.63, 3.8) is 0 Å². The number of nitrogens with one attached hydrogen (secondary N) is 1. The summed E-state index contributed by atoms with van der Waals surface area (Å²) < 4.78 is 11.1. The lowest BCUT2D eigenvalue weighted by Gasteiger charge is -2.39. The van der Waals surface area contributed by atoms with E-state index in [2.05, 4.69) is 23.5 Å². The van der Waals surface area contributed by atoms with Gasteiger partial charge in [-0.25, -0.2) is 9.59 Å². The molecule has 3 unspecified atom stereocenters. The molecule has 0 spiro atoms. The largest absolute Gasteiger partial charge is 0.445 e. The number of piperidine rings is 1. The Morgan fingerprint density at radius 1 is 1.09 bits per heavy atom. The number of carbonyl (C=O) groups excluding carboxylic acids is 2. The zero-order valence-electron chi connectivity index (χ0n) is 21.2. The molecule has 7 nitrogen and oxygen atoms in total. The number of hydrogen-bond donors (Lipinski definition) is 2. The molecule has 0 bridgehead atoms. The summed E-state index contributed by atoms with van der Waals surface area (Å²) in [4.78, 5) is 26.9. The van der Waals surface area contributed by atoms with Crippen LogP contribution >= 0.6 is 0 Å². The van der Waals surface area contributed by atoms with Crippen LogP contribution in [0.5, 0.6) is 0 Å². The van der Waals surface area contributed by atoms with Gasteiger partial charge in [0.2, 0.25) is 0 Å². The molecule has 1 aliphatic heterocycles. The van der Waals surface area contributed by atoms with Gasteiger partial charge < -0.3 is 24.8 Å². The SMILES string of the molecule is CC(O)CC1CN(C(=O)OC(C)(C)C)CCC1NC(=O)OCc1ccccc1Cc1ccccc1. The molecule has 0 radical (unpaired) electrons. The number of benzene rings is 2. The Kier molecular flexibility index (Phi) is 9.15. The van der Waals surface area contributed by atoms with Gasteiger partial charge in [-0.1, -0.05) is 54.6 Å². The van der Waals surface area contributed by atoms with E-state index >= 15 is 0 Å². The molecule has 0 saturated carbocycles. The Morgan fingerprint density at radius 3 is 2.40 bits per heavy atom. The summed E-state index contributed by atoms with van der Waals surface area (Å²) in [6.07, 6.45) is 0.376. The standard InChI is InChI=1S/C28H38N2O5/c1-20(31)16-24-18-30(27(33)35-28(2,3)4)15-14-25(24)29-26(32)34-19-23-13-9-8-12-22(23)17-21-10-6-5-7-11-21/h5-13,20,24-25,31H,14-19H2,1-4H3,(H,29,32). The molecule has 1 heterocycles. The zero-order chi connectivity index (χ0) is 25.4. The molecule has 3 atom stereocenters. The predicted octanol–water partition coefficient (Wildman–Crippen LogP) is 4.90. The molecule has 0 aromatic heterocycles. The first-order valence-corrected chi connectivity index (χ1v) is 12.3. The lowest BCUT2D eigenvalue weighted by molar-refractivity contribution is 0.00875. The van der Waals surface area contributed by atoms with Crippen molar-refractivity contribution in [2.45, 2.75) is 71.3 Å². The molecular formula is C28H38N2O5. The van der Waals surface area contributed by atoms with Crippen LogP contribution in [-0.2, 0) is 22.5 Å². The Morgan fingerprint density at radius 2 is 1.74 bits per heavy atom. The highest BCUT2D eigenvalue weighted by Crippen LogP contribution is 2.24. The van der Waals surface area contributed by atoms with Gasteiger partial charge in [0.25, 0.3) is 0 Å². The monoisotopic (exact) mass is 482 g/mol. The minimum absolute atomic E-state index is 0.103. The van der Waals surface area contributed by atoms with Gasteiger partial charge in [-0.15, -0.1) is 0 Å². The summed E-state index contributed by atoms with van der Waals surface area (Å²) in [6.45, 7) is 8.26. The third-order valence-electron chi connectivity index (χ3n) is 6.05. The Balaban J connectivity index is 1.57. The molecule has 2 aromatic carbocycles. The van der Waals surface area contributed by atoms with Gasteiger partial charge in [-0.2, -0.15) is 0 Å². The number of nitrogens with zero attached hydrogens (tertiary/aromatic N) is 1. The molecule has 3 rings (SSSR count). The van der Waals surface area contributed by atoms with Crippen LogP contribution in [0.2, 0.25) is 0 Å². The Hall–Kier alpha value is -3.06. The van der Waals surface area contributed by atoms with Gasteiger partial charge >= 0.3 is 12.2 Å². The van der Waals surface area contributed by atoms with E-state index < -0.39 is 17.8 Å². The van der Waals surface area contributed by atoms with Crippen LogP contribution in [0.3, 0.4) is 0 Å². The van der Waals surface area contributed by atoms with Crippen LogP contribution in [0, 0.1) is 5.92 Å². The van der Waals surface area contributed by atoms with E-state index in [0.29, 0.717) is 25.9 Å². The number of aliphatic hydroxyl groups excluding tert-OH is 1. The lowest BCUT2D eigenvalue weighted by atomic mass is 9.88. The second kappa shape index (κ2) is 12.1. The number of rotatable bonds is 7. The second-order valence-electron chi connectivity index (χ2n) is 10.3. The molecule has 190 valence electrons. The number of likely N-dealkylation sites (tertiary alicyclic amines) is 1. The minimum Gasteiger partial charge on any atom is -0.445 e. The number of amides is 2. The third-order valence-corrected chi connectivity index (χ3v) is 6.05. The van der Waals surface area contributed by atoms with Crippen molar-refractivity contribution in [1.29, 1.82) is 0 Å². The van der Waals surface area contributed by atoms with Gasteiger partial charge in [0.05, 0.1) is 6.10 Å². The maximum absolute atomic E-state index is 12.7. The number of hydrogen-bond acceptors (Lipinski definition) is 5. The Labute approximate surface area is 208 Å². The molecule has 2 amide bonds. The van der Waals surface area contributed by atoms with Gasteiger partial charge in [-0.3, -0.25) is 0 Å². The zero-order valence-corrected chi connectivity index (χ0v) is 21.2. The highest BCUT2D eigenvalue weighted by atomic mass is 16.6. The number of ether oxygens (including phenoxy) is 2. The van der Waals surface area contributed by atoms with Crippen LogP contribution < -0.4 is 5.32 Å². The van der Waals surface area contributed by atoms with Crippen LogP contribution in [-0.4, -0.2) is 53.0 Å². The van der Waals surface area contributed by atoms with Gasteiger partial charge in [-0.05, 0) is 69.6 Å². The molecule has 2 aromatic rings.